The van der Waals surface area contributed by atoms with Crippen LogP contribution < -0.4 is 22.7 Å². The Bertz CT molecular complexity index is 4660. The molecule has 0 amide bonds. The number of nitrogens with two attached hydrogens (primary N) is 3. The highest BCUT2D eigenvalue weighted by Gasteiger charge is 2.52. The standard InChI is InChI=1S/2C18H12F4N6.C13H18BF2NO2.C11H6BrF2N5/c2*1-8-4-9(5-13(25-8)16(21)22)14-15(11-3-2-10(19)6-12(11)20)26-18(23)28-7-24-27-17(14)28;1-8-6-9(7-10(17-8)11(15)16)14-18-12(2,3)13(4,5)19-14;12-8-9(6-2-1-5(13)3-7(6)14)17-11(15)19-4-16-18-10(8)19/h2*2-7,16H,1H3,(H2,23,26);6-7,11H,1-5H3;1-4H,(H2,15,17). The highest BCUT2D eigenvalue weighted by Crippen LogP contribution is 2.41. The lowest BCUT2D eigenvalue weighted by Crippen LogP contribution is -2.41. The molecule has 0 atom stereocenters. The molecule has 12 aromatic rings. The van der Waals surface area contributed by atoms with Crippen LogP contribution in [0.1, 0.15) is 81.1 Å². The van der Waals surface area contributed by atoms with Gasteiger partial charge in [-0.15, -0.1) is 30.6 Å². The van der Waals surface area contributed by atoms with Crippen LogP contribution >= 0.6 is 15.9 Å². The van der Waals surface area contributed by atoms with Gasteiger partial charge in [0.05, 0.1) is 43.9 Å². The molecule has 1 aliphatic heterocycles. The molecule has 34 heteroatoms. The van der Waals surface area contributed by atoms with Gasteiger partial charge >= 0.3 is 7.12 Å². The molecular weight excluding hydrogens is 1320 g/mol. The van der Waals surface area contributed by atoms with E-state index < -0.39 is 83.9 Å². The highest BCUT2D eigenvalue weighted by molar-refractivity contribution is 9.10. The third kappa shape index (κ3) is 13.6. The molecule has 1 fully saturated rings. The highest BCUT2D eigenvalue weighted by atomic mass is 79.9. The summed E-state index contributed by atoms with van der Waals surface area (Å²) in [5.74, 6) is -4.64. The number of halogens is 13. The quantitative estimate of drug-likeness (QED) is 0.0895. The number of nitrogens with zero attached hydrogens (tertiary/aromatic N) is 15. The minimum Gasteiger partial charge on any atom is -0.399 e. The smallest absolute Gasteiger partial charge is 0.399 e. The van der Waals surface area contributed by atoms with Gasteiger partial charge in [-0.1, -0.05) is 0 Å². The van der Waals surface area contributed by atoms with E-state index in [-0.39, 0.29) is 90.9 Å². The topological polar surface area (TPSA) is 264 Å². The van der Waals surface area contributed by atoms with Crippen LogP contribution in [0.5, 0.6) is 0 Å². The van der Waals surface area contributed by atoms with Crippen LogP contribution in [0.2, 0.25) is 0 Å². The summed E-state index contributed by atoms with van der Waals surface area (Å²) < 4.78 is 177. The lowest BCUT2D eigenvalue weighted by Gasteiger charge is -2.32. The van der Waals surface area contributed by atoms with Crippen molar-refractivity contribution in [1.82, 2.24) is 73.7 Å². The monoisotopic (exact) mass is 1370 g/mol. The van der Waals surface area contributed by atoms with E-state index in [1.165, 1.54) is 68.6 Å². The molecule has 1 aliphatic rings. The fraction of sp³-hybridized carbons (Fsp3) is 0.200. The van der Waals surface area contributed by atoms with Crippen molar-refractivity contribution in [2.45, 2.75) is 78.9 Å². The summed E-state index contributed by atoms with van der Waals surface area (Å²) in [7, 11) is -0.635. The molecule has 1 saturated heterocycles. The molecule has 0 unspecified atom stereocenters. The lowest BCUT2D eigenvalue weighted by atomic mass is 9.79. The van der Waals surface area contributed by atoms with Crippen LogP contribution in [0.25, 0.3) is 73.0 Å². The van der Waals surface area contributed by atoms with E-state index in [9.17, 15) is 52.7 Å². The Morgan fingerprint density at radius 3 is 1.14 bits per heavy atom. The van der Waals surface area contributed by atoms with Gasteiger partial charge < -0.3 is 26.5 Å². The van der Waals surface area contributed by atoms with E-state index in [1.54, 1.807) is 39.0 Å². The van der Waals surface area contributed by atoms with Crippen LogP contribution in [0, 0.1) is 55.7 Å². The predicted molar refractivity (Wildman–Crippen MR) is 325 cm³/mol. The number of aryl methyl sites for hydroxylation is 3. The Hall–Kier alpha value is -10.2. The molecule has 20 nitrogen and oxygen atoms in total. The Balaban J connectivity index is 0.000000139. The van der Waals surface area contributed by atoms with Crippen molar-refractivity contribution in [2.75, 3.05) is 17.2 Å². The van der Waals surface area contributed by atoms with Crippen LogP contribution in [0.15, 0.2) is 114 Å². The third-order valence-electron chi connectivity index (χ3n) is 14.7. The van der Waals surface area contributed by atoms with Gasteiger partial charge in [-0.2, -0.15) is 0 Å². The van der Waals surface area contributed by atoms with E-state index in [0.29, 0.717) is 44.8 Å². The molecule has 94 heavy (non-hydrogen) atoms. The van der Waals surface area contributed by atoms with E-state index in [4.69, 9.17) is 26.5 Å². The Morgan fingerprint density at radius 1 is 0.436 bits per heavy atom. The van der Waals surface area contributed by atoms with Crippen LogP contribution in [0.4, 0.5) is 70.5 Å². The zero-order chi connectivity index (χ0) is 68.0. The van der Waals surface area contributed by atoms with E-state index >= 15 is 0 Å². The number of hydrogen-bond donors (Lipinski definition) is 3. The fourth-order valence-corrected chi connectivity index (χ4v) is 10.2. The first-order valence-corrected chi connectivity index (χ1v) is 28.3. The number of pyridine rings is 3. The van der Waals surface area contributed by atoms with Crippen molar-refractivity contribution in [1.29, 1.82) is 0 Å². The van der Waals surface area contributed by atoms with Crippen molar-refractivity contribution >= 4 is 63.3 Å². The number of fused-ring (bicyclic) bond motifs is 3. The molecule has 484 valence electrons. The first-order valence-electron chi connectivity index (χ1n) is 27.6. The molecule has 13 rings (SSSR count). The third-order valence-corrected chi connectivity index (χ3v) is 15.4. The fourth-order valence-electron chi connectivity index (χ4n) is 9.68. The Labute approximate surface area is 532 Å². The Kier molecular flexibility index (Phi) is 18.7. The molecule has 0 saturated carbocycles. The first-order chi connectivity index (χ1) is 44.4. The molecule has 0 radical (unpaired) electrons. The maximum absolute atomic E-state index is 14.5. The lowest BCUT2D eigenvalue weighted by molar-refractivity contribution is 0.00578. The minimum absolute atomic E-state index is 0.0290. The van der Waals surface area contributed by atoms with Crippen molar-refractivity contribution in [2.24, 2.45) is 0 Å². The molecule has 3 aromatic carbocycles. The molecule has 0 aliphatic carbocycles. The van der Waals surface area contributed by atoms with Gasteiger partial charge in [0, 0.05) is 52.0 Å². The molecule has 0 bridgehead atoms. The van der Waals surface area contributed by atoms with Crippen molar-refractivity contribution in [3.8, 4) is 56.0 Å². The van der Waals surface area contributed by atoms with Gasteiger partial charge in [0.25, 0.3) is 19.3 Å². The van der Waals surface area contributed by atoms with Crippen molar-refractivity contribution < 1.29 is 62.0 Å². The summed E-state index contributed by atoms with van der Waals surface area (Å²) in [5, 5.41) is 23.1. The average molecular weight is 1370 g/mol. The summed E-state index contributed by atoms with van der Waals surface area (Å²) in [6.45, 7) is 12.5. The normalized spacial score (nSPS) is 13.4. The average Bonchev–Trinajstić information content (AvgIpc) is 1.34. The number of aromatic nitrogens is 15. The van der Waals surface area contributed by atoms with Crippen LogP contribution in [0.3, 0.4) is 0 Å². The summed E-state index contributed by atoms with van der Waals surface area (Å²) in [6.07, 6.45) is -4.21. The Morgan fingerprint density at radius 2 is 0.766 bits per heavy atom. The van der Waals surface area contributed by atoms with Crippen LogP contribution in [-0.4, -0.2) is 92.0 Å². The molecule has 0 spiro atoms. The SMILES string of the molecule is Cc1cc(-c2c(-c3ccc(F)cc3F)nc(N)n3cnnc23)cc(C(F)F)n1.Cc1cc(-c2c(-c3ccc(F)cc3F)nc(N)n3cnnc23)cc(C(F)F)n1.Cc1cc(B2OC(C)(C)C(C)(C)O2)cc(C(F)F)n1.Nc1nc(-c2ccc(F)cc2F)c(Br)c2nncn12. The molecule has 10 heterocycles. The number of nitrogen functional groups attached to an aromatic ring is 3. The van der Waals surface area contributed by atoms with E-state index in [0.717, 1.165) is 24.3 Å². The van der Waals surface area contributed by atoms with Gasteiger partial charge in [0.15, 0.2) is 16.9 Å². The van der Waals surface area contributed by atoms with Gasteiger partial charge in [-0.05, 0) is 154 Å². The summed E-state index contributed by atoms with van der Waals surface area (Å²) in [4.78, 5) is 23.9. The maximum Gasteiger partial charge on any atom is 0.494 e. The number of rotatable bonds is 9. The molecule has 6 N–H and O–H groups in total. The summed E-state index contributed by atoms with van der Waals surface area (Å²) in [6, 6.07) is 17.7. The number of benzene rings is 3. The van der Waals surface area contributed by atoms with Crippen molar-refractivity contribution in [3.05, 3.63) is 184 Å². The first kappa shape index (κ1) is 66.7. The largest absolute Gasteiger partial charge is 0.494 e. The number of alkyl halides is 6. The maximum atomic E-state index is 14.5. The second kappa shape index (κ2) is 26.4. The molecular formula is C60H48BBrF12N18O2. The molecule has 9 aromatic heterocycles. The van der Waals surface area contributed by atoms with E-state index in [1.807, 2.05) is 27.7 Å². The predicted octanol–water partition coefficient (Wildman–Crippen LogP) is 13.0. The number of anilines is 3. The zero-order valence-corrected chi connectivity index (χ0v) is 51.5. The van der Waals surface area contributed by atoms with E-state index in [2.05, 4.69) is 76.4 Å². The summed E-state index contributed by atoms with van der Waals surface area (Å²) >= 11 is 3.28. The minimum atomic E-state index is -2.81. The van der Waals surface area contributed by atoms with Crippen molar-refractivity contribution in [3.63, 3.8) is 0 Å². The zero-order valence-electron chi connectivity index (χ0n) is 49.9. The van der Waals surface area contributed by atoms with Gasteiger partial charge in [-0.25, -0.2) is 67.6 Å². The number of hydrogen-bond acceptors (Lipinski definition) is 17. The summed E-state index contributed by atoms with van der Waals surface area (Å²) in [5.41, 5.74) is 19.4. The van der Waals surface area contributed by atoms with Gasteiger partial charge in [0.2, 0.25) is 17.8 Å². The second-order valence-electron chi connectivity index (χ2n) is 21.8. The van der Waals surface area contributed by atoms with Gasteiger partial charge in [0.1, 0.15) is 71.0 Å². The van der Waals surface area contributed by atoms with Gasteiger partial charge in [-0.3, -0.25) is 28.2 Å². The second-order valence-corrected chi connectivity index (χ2v) is 22.6. The van der Waals surface area contributed by atoms with Crippen LogP contribution in [-0.2, 0) is 9.31 Å².